The fraction of sp³-hybridized carbons (Fsp3) is 0.261. The maximum atomic E-state index is 12.7. The Labute approximate surface area is 174 Å². The molecule has 3 heterocycles. The number of methoxy groups -OCH3 is 2. The first kappa shape index (κ1) is 19.7. The lowest BCUT2D eigenvalue weighted by molar-refractivity contribution is -0.168. The van der Waals surface area contributed by atoms with Crippen LogP contribution >= 0.6 is 0 Å². The van der Waals surface area contributed by atoms with E-state index in [-0.39, 0.29) is 12.8 Å². The van der Waals surface area contributed by atoms with Gasteiger partial charge in [0.2, 0.25) is 0 Å². The Morgan fingerprint density at radius 2 is 1.37 bits per heavy atom. The van der Waals surface area contributed by atoms with E-state index in [0.29, 0.717) is 22.8 Å². The van der Waals surface area contributed by atoms with Gasteiger partial charge in [-0.05, 0) is 47.9 Å². The minimum Gasteiger partial charge on any atom is -0.468 e. The molecule has 152 valence electrons. The molecule has 0 atom stereocenters. The Morgan fingerprint density at radius 1 is 0.833 bits per heavy atom. The van der Waals surface area contributed by atoms with Crippen LogP contribution in [-0.2, 0) is 31.9 Å². The zero-order valence-corrected chi connectivity index (χ0v) is 17.0. The number of hydrogen-bond acceptors (Lipinski definition) is 7. The van der Waals surface area contributed by atoms with Gasteiger partial charge in [0.15, 0.2) is 5.41 Å². The standard InChI is InChI=1S/C23H21N3O4/c1-14-15-12-23(21(27)29-2,22(28)30-3)13-16(15)20(18-9-5-7-11-25-18)26-19(14)17-8-4-6-10-24-17/h4-11H,12-13H2,1-3H3. The predicted octanol–water partition coefficient (Wildman–Crippen LogP) is 2.95. The Balaban J connectivity index is 1.98. The Bertz CT molecular complexity index is 1100. The average Bonchev–Trinajstić information content (AvgIpc) is 3.22. The molecule has 7 nitrogen and oxygen atoms in total. The van der Waals surface area contributed by atoms with Crippen molar-refractivity contribution in [1.29, 1.82) is 0 Å². The molecule has 4 rings (SSSR count). The molecule has 0 amide bonds. The third-order valence-corrected chi connectivity index (χ3v) is 5.61. The second-order valence-corrected chi connectivity index (χ2v) is 7.24. The predicted molar refractivity (Wildman–Crippen MR) is 109 cm³/mol. The molecule has 0 fully saturated rings. The van der Waals surface area contributed by atoms with Crippen LogP contribution in [0.25, 0.3) is 22.8 Å². The highest BCUT2D eigenvalue weighted by Gasteiger charge is 2.54. The van der Waals surface area contributed by atoms with Gasteiger partial charge < -0.3 is 9.47 Å². The van der Waals surface area contributed by atoms with Gasteiger partial charge in [0, 0.05) is 25.2 Å². The van der Waals surface area contributed by atoms with Crippen LogP contribution in [0.15, 0.2) is 48.8 Å². The summed E-state index contributed by atoms with van der Waals surface area (Å²) in [5.74, 6) is -1.23. The number of fused-ring (bicyclic) bond motifs is 1. The van der Waals surface area contributed by atoms with Crippen molar-refractivity contribution in [3.05, 3.63) is 65.5 Å². The summed E-state index contributed by atoms with van der Waals surface area (Å²) in [6.07, 6.45) is 3.71. The van der Waals surface area contributed by atoms with Crippen LogP contribution in [0.3, 0.4) is 0 Å². The SMILES string of the molecule is COC(=O)C1(C(=O)OC)Cc2c(-c3ccccn3)nc(-c3ccccn3)c(C)c2C1. The van der Waals surface area contributed by atoms with Crippen molar-refractivity contribution in [2.45, 2.75) is 19.8 Å². The lowest BCUT2D eigenvalue weighted by Crippen LogP contribution is -2.42. The largest absolute Gasteiger partial charge is 0.468 e. The number of aromatic nitrogens is 3. The quantitative estimate of drug-likeness (QED) is 0.488. The van der Waals surface area contributed by atoms with Crippen molar-refractivity contribution in [2.24, 2.45) is 5.41 Å². The first-order valence-corrected chi connectivity index (χ1v) is 9.54. The number of hydrogen-bond donors (Lipinski definition) is 0. The van der Waals surface area contributed by atoms with Crippen molar-refractivity contribution in [3.8, 4) is 22.8 Å². The summed E-state index contributed by atoms with van der Waals surface area (Å²) in [5.41, 5.74) is 3.82. The van der Waals surface area contributed by atoms with Crippen molar-refractivity contribution in [3.63, 3.8) is 0 Å². The molecule has 0 unspecified atom stereocenters. The van der Waals surface area contributed by atoms with Gasteiger partial charge >= 0.3 is 11.9 Å². The summed E-state index contributed by atoms with van der Waals surface area (Å²) in [4.78, 5) is 39.3. The summed E-state index contributed by atoms with van der Waals surface area (Å²) in [5, 5.41) is 0. The molecule has 1 aliphatic rings. The molecule has 0 bridgehead atoms. The summed E-state index contributed by atoms with van der Waals surface area (Å²) < 4.78 is 10.0. The molecule has 7 heteroatoms. The summed E-state index contributed by atoms with van der Waals surface area (Å²) in [6.45, 7) is 1.93. The third-order valence-electron chi connectivity index (χ3n) is 5.61. The number of nitrogens with zero attached hydrogens (tertiary/aromatic N) is 3. The minimum absolute atomic E-state index is 0.143. The van der Waals surface area contributed by atoms with Gasteiger partial charge in [-0.25, -0.2) is 4.98 Å². The van der Waals surface area contributed by atoms with Crippen LogP contribution in [0.1, 0.15) is 16.7 Å². The van der Waals surface area contributed by atoms with E-state index in [1.807, 2.05) is 43.3 Å². The molecule has 3 aromatic heterocycles. The second kappa shape index (κ2) is 7.67. The van der Waals surface area contributed by atoms with Gasteiger partial charge in [0.1, 0.15) is 0 Å². The fourth-order valence-corrected chi connectivity index (χ4v) is 4.10. The van der Waals surface area contributed by atoms with Crippen LogP contribution in [0, 0.1) is 12.3 Å². The highest BCUT2D eigenvalue weighted by molar-refractivity contribution is 6.02. The summed E-state index contributed by atoms with van der Waals surface area (Å²) in [6, 6.07) is 11.2. The average molecular weight is 403 g/mol. The highest BCUT2D eigenvalue weighted by atomic mass is 16.5. The van der Waals surface area contributed by atoms with E-state index in [1.165, 1.54) is 14.2 Å². The van der Waals surface area contributed by atoms with E-state index in [0.717, 1.165) is 16.7 Å². The molecule has 0 N–H and O–H groups in total. The molecule has 0 spiro atoms. The van der Waals surface area contributed by atoms with E-state index in [4.69, 9.17) is 14.5 Å². The van der Waals surface area contributed by atoms with Crippen LogP contribution in [0.4, 0.5) is 0 Å². The fourth-order valence-electron chi connectivity index (χ4n) is 4.10. The van der Waals surface area contributed by atoms with E-state index in [2.05, 4.69) is 9.97 Å². The summed E-state index contributed by atoms with van der Waals surface area (Å²) >= 11 is 0. The van der Waals surface area contributed by atoms with Crippen molar-refractivity contribution in [2.75, 3.05) is 14.2 Å². The maximum Gasteiger partial charge on any atom is 0.323 e. The monoisotopic (exact) mass is 403 g/mol. The van der Waals surface area contributed by atoms with Crippen LogP contribution in [0.2, 0.25) is 0 Å². The van der Waals surface area contributed by atoms with E-state index in [9.17, 15) is 9.59 Å². The van der Waals surface area contributed by atoms with Crippen molar-refractivity contribution in [1.82, 2.24) is 15.0 Å². The Morgan fingerprint density at radius 3 is 1.87 bits per heavy atom. The minimum atomic E-state index is -1.44. The van der Waals surface area contributed by atoms with Crippen molar-refractivity contribution >= 4 is 11.9 Å². The molecular formula is C23H21N3O4. The van der Waals surface area contributed by atoms with Crippen LogP contribution < -0.4 is 0 Å². The number of ether oxygens (including phenoxy) is 2. The smallest absolute Gasteiger partial charge is 0.323 e. The van der Waals surface area contributed by atoms with Crippen molar-refractivity contribution < 1.29 is 19.1 Å². The number of rotatable bonds is 4. The molecule has 3 aromatic rings. The number of esters is 2. The molecular weight excluding hydrogens is 382 g/mol. The van der Waals surface area contributed by atoms with Gasteiger partial charge in [0.25, 0.3) is 0 Å². The first-order chi connectivity index (χ1) is 14.5. The molecule has 0 saturated carbocycles. The number of pyridine rings is 3. The van der Waals surface area contributed by atoms with Gasteiger partial charge in [0.05, 0.1) is 37.0 Å². The summed E-state index contributed by atoms with van der Waals surface area (Å²) in [7, 11) is 2.56. The molecule has 0 radical (unpaired) electrons. The van der Waals surface area contributed by atoms with Gasteiger partial charge in [-0.3, -0.25) is 19.6 Å². The van der Waals surface area contributed by atoms with Crippen LogP contribution in [-0.4, -0.2) is 41.1 Å². The molecule has 0 aliphatic heterocycles. The normalized spacial score (nSPS) is 14.1. The Hall–Kier alpha value is -3.61. The molecule has 1 aliphatic carbocycles. The lowest BCUT2D eigenvalue weighted by Gasteiger charge is -2.22. The van der Waals surface area contributed by atoms with Gasteiger partial charge in [-0.15, -0.1) is 0 Å². The highest BCUT2D eigenvalue weighted by Crippen LogP contribution is 2.45. The molecule has 0 aromatic carbocycles. The van der Waals surface area contributed by atoms with E-state index in [1.54, 1.807) is 12.4 Å². The van der Waals surface area contributed by atoms with Gasteiger partial charge in [-0.1, -0.05) is 12.1 Å². The van der Waals surface area contributed by atoms with Gasteiger partial charge in [-0.2, -0.15) is 0 Å². The van der Waals surface area contributed by atoms with E-state index >= 15 is 0 Å². The zero-order valence-electron chi connectivity index (χ0n) is 17.0. The molecule has 30 heavy (non-hydrogen) atoms. The van der Waals surface area contributed by atoms with E-state index < -0.39 is 17.4 Å². The number of carbonyl (C=O) groups excluding carboxylic acids is 2. The van der Waals surface area contributed by atoms with Crippen LogP contribution in [0.5, 0.6) is 0 Å². The Kier molecular flexibility index (Phi) is 5.03. The lowest BCUT2D eigenvalue weighted by atomic mass is 9.84. The first-order valence-electron chi connectivity index (χ1n) is 9.54. The molecule has 0 saturated heterocycles. The maximum absolute atomic E-state index is 12.7. The zero-order chi connectivity index (χ0) is 21.3. The third kappa shape index (κ3) is 3.03. The number of carbonyl (C=O) groups is 2. The second-order valence-electron chi connectivity index (χ2n) is 7.24. The topological polar surface area (TPSA) is 91.3 Å².